The fourth-order valence-electron chi connectivity index (χ4n) is 0.951. The Hall–Kier alpha value is -1.03. The lowest BCUT2D eigenvalue weighted by molar-refractivity contribution is -0.115. The summed E-state index contributed by atoms with van der Waals surface area (Å²) in [6.45, 7) is 0. The van der Waals surface area contributed by atoms with Crippen LogP contribution in [0.1, 0.15) is 6.42 Å². The van der Waals surface area contributed by atoms with Gasteiger partial charge in [0, 0.05) is 17.9 Å². The van der Waals surface area contributed by atoms with Crippen molar-refractivity contribution in [2.75, 3.05) is 17.3 Å². The number of nitrogens with one attached hydrogen (secondary N) is 1. The van der Waals surface area contributed by atoms with E-state index in [0.29, 0.717) is 12.1 Å². The second-order valence-electron chi connectivity index (χ2n) is 2.80. The van der Waals surface area contributed by atoms with Crippen LogP contribution in [0.15, 0.2) is 24.3 Å². The van der Waals surface area contributed by atoms with Gasteiger partial charge in [-0.05, 0) is 30.5 Å². The topological polar surface area (TPSA) is 29.1 Å². The van der Waals surface area contributed by atoms with Gasteiger partial charge in [0.05, 0.1) is 0 Å². The van der Waals surface area contributed by atoms with Crippen LogP contribution in [0.2, 0.25) is 0 Å². The third kappa shape index (κ3) is 3.79. The van der Waals surface area contributed by atoms with Crippen molar-refractivity contribution in [2.45, 2.75) is 6.42 Å². The van der Waals surface area contributed by atoms with Crippen LogP contribution in [-0.2, 0) is 4.79 Å². The molecule has 0 saturated carbocycles. The second-order valence-corrected chi connectivity index (χ2v) is 3.78. The predicted octanol–water partition coefficient (Wildman–Crippen LogP) is 2.52. The molecule has 1 aromatic rings. The lowest BCUT2D eigenvalue weighted by Gasteiger charge is -2.03. The molecule has 0 spiro atoms. The van der Waals surface area contributed by atoms with Crippen molar-refractivity contribution in [3.8, 4) is 0 Å². The van der Waals surface area contributed by atoms with E-state index in [9.17, 15) is 9.18 Å². The number of rotatable bonds is 4. The molecule has 0 unspecified atom stereocenters. The highest BCUT2D eigenvalue weighted by Crippen LogP contribution is 2.08. The fourth-order valence-corrected chi connectivity index (χ4v) is 1.34. The Morgan fingerprint density at radius 2 is 2.07 bits per heavy atom. The molecule has 1 amide bonds. The van der Waals surface area contributed by atoms with Gasteiger partial charge in [-0.25, -0.2) is 4.39 Å². The molecule has 0 aliphatic heterocycles. The van der Waals surface area contributed by atoms with E-state index in [1.165, 1.54) is 12.1 Å². The standard InChI is InChI=1S/C10H12FNOS/c1-14-7-6-10(13)12-9-4-2-8(11)3-5-9/h2-5H,6-7H2,1H3,(H,12,13). The Kier molecular flexibility index (Phi) is 4.46. The first-order valence-corrected chi connectivity index (χ1v) is 5.66. The number of thioether (sulfide) groups is 1. The van der Waals surface area contributed by atoms with E-state index in [0.717, 1.165) is 5.75 Å². The highest BCUT2D eigenvalue weighted by molar-refractivity contribution is 7.98. The van der Waals surface area contributed by atoms with E-state index in [4.69, 9.17) is 0 Å². The number of amides is 1. The molecule has 1 rings (SSSR count). The lowest BCUT2D eigenvalue weighted by Crippen LogP contribution is -2.11. The molecule has 0 atom stereocenters. The van der Waals surface area contributed by atoms with Gasteiger partial charge in [0.1, 0.15) is 5.82 Å². The number of anilines is 1. The Morgan fingerprint density at radius 3 is 2.64 bits per heavy atom. The van der Waals surface area contributed by atoms with Crippen molar-refractivity contribution < 1.29 is 9.18 Å². The molecule has 14 heavy (non-hydrogen) atoms. The molecule has 4 heteroatoms. The smallest absolute Gasteiger partial charge is 0.225 e. The number of benzene rings is 1. The van der Waals surface area contributed by atoms with Gasteiger partial charge in [-0.15, -0.1) is 0 Å². The predicted molar refractivity (Wildman–Crippen MR) is 58.0 cm³/mol. The van der Waals surface area contributed by atoms with Gasteiger partial charge in [0.15, 0.2) is 0 Å². The summed E-state index contributed by atoms with van der Waals surface area (Å²) in [5.74, 6) is 0.464. The average molecular weight is 213 g/mol. The number of carbonyl (C=O) groups excluding carboxylic acids is 1. The number of carbonyl (C=O) groups is 1. The zero-order valence-corrected chi connectivity index (χ0v) is 8.73. The minimum absolute atomic E-state index is 0.0361. The molecule has 0 aromatic heterocycles. The van der Waals surface area contributed by atoms with Gasteiger partial charge < -0.3 is 5.32 Å². The van der Waals surface area contributed by atoms with Gasteiger partial charge in [0.25, 0.3) is 0 Å². The Labute approximate surface area is 86.9 Å². The Morgan fingerprint density at radius 1 is 1.43 bits per heavy atom. The maximum Gasteiger partial charge on any atom is 0.225 e. The summed E-state index contributed by atoms with van der Waals surface area (Å²) < 4.78 is 12.5. The zero-order valence-electron chi connectivity index (χ0n) is 7.92. The van der Waals surface area contributed by atoms with Gasteiger partial charge >= 0.3 is 0 Å². The van der Waals surface area contributed by atoms with Crippen molar-refractivity contribution in [1.29, 1.82) is 0 Å². The van der Waals surface area contributed by atoms with E-state index in [1.54, 1.807) is 23.9 Å². The number of halogens is 1. The largest absolute Gasteiger partial charge is 0.326 e. The minimum atomic E-state index is -0.299. The van der Waals surface area contributed by atoms with Crippen molar-refractivity contribution in [3.05, 3.63) is 30.1 Å². The maximum atomic E-state index is 12.5. The summed E-state index contributed by atoms with van der Waals surface area (Å²) in [7, 11) is 0. The first-order chi connectivity index (χ1) is 6.72. The van der Waals surface area contributed by atoms with Crippen molar-refractivity contribution in [1.82, 2.24) is 0 Å². The highest BCUT2D eigenvalue weighted by atomic mass is 32.2. The van der Waals surface area contributed by atoms with Crippen LogP contribution in [0.25, 0.3) is 0 Å². The normalized spacial score (nSPS) is 9.86. The molecular weight excluding hydrogens is 201 g/mol. The van der Waals surface area contributed by atoms with E-state index in [1.807, 2.05) is 6.26 Å². The van der Waals surface area contributed by atoms with Gasteiger partial charge in [-0.3, -0.25) is 4.79 Å². The molecular formula is C10H12FNOS. The molecule has 0 heterocycles. The lowest BCUT2D eigenvalue weighted by atomic mass is 10.3. The van der Waals surface area contributed by atoms with Crippen LogP contribution in [0.4, 0.5) is 10.1 Å². The van der Waals surface area contributed by atoms with Crippen LogP contribution in [0.3, 0.4) is 0 Å². The molecule has 1 aromatic carbocycles. The van der Waals surface area contributed by atoms with E-state index in [-0.39, 0.29) is 11.7 Å². The van der Waals surface area contributed by atoms with Crippen LogP contribution in [0, 0.1) is 5.82 Å². The summed E-state index contributed by atoms with van der Waals surface area (Å²) >= 11 is 1.62. The fraction of sp³-hybridized carbons (Fsp3) is 0.300. The molecule has 0 saturated heterocycles. The van der Waals surface area contributed by atoms with Crippen molar-refractivity contribution in [2.24, 2.45) is 0 Å². The summed E-state index contributed by atoms with van der Waals surface area (Å²) in [5.41, 5.74) is 0.637. The quantitative estimate of drug-likeness (QED) is 0.832. The van der Waals surface area contributed by atoms with E-state index < -0.39 is 0 Å². The molecule has 76 valence electrons. The maximum absolute atomic E-state index is 12.5. The summed E-state index contributed by atoms with van der Waals surface area (Å²) in [4.78, 5) is 11.2. The molecule has 0 radical (unpaired) electrons. The van der Waals surface area contributed by atoms with Gasteiger partial charge in [-0.2, -0.15) is 11.8 Å². The molecule has 1 N–H and O–H groups in total. The van der Waals surface area contributed by atoms with Crippen molar-refractivity contribution >= 4 is 23.4 Å². The molecule has 0 aliphatic carbocycles. The van der Waals surface area contributed by atoms with Crippen LogP contribution >= 0.6 is 11.8 Å². The average Bonchev–Trinajstić information content (AvgIpc) is 2.18. The minimum Gasteiger partial charge on any atom is -0.326 e. The monoisotopic (exact) mass is 213 g/mol. The molecule has 0 bridgehead atoms. The summed E-state index contributed by atoms with van der Waals surface area (Å²) in [6.07, 6.45) is 2.43. The second kappa shape index (κ2) is 5.65. The highest BCUT2D eigenvalue weighted by Gasteiger charge is 2.00. The Balaban J connectivity index is 2.44. The third-order valence-corrected chi connectivity index (χ3v) is 2.27. The molecule has 2 nitrogen and oxygen atoms in total. The zero-order chi connectivity index (χ0) is 10.4. The van der Waals surface area contributed by atoms with Crippen LogP contribution in [-0.4, -0.2) is 17.9 Å². The van der Waals surface area contributed by atoms with E-state index in [2.05, 4.69) is 5.32 Å². The van der Waals surface area contributed by atoms with Crippen molar-refractivity contribution in [3.63, 3.8) is 0 Å². The van der Waals surface area contributed by atoms with Gasteiger partial charge in [0.2, 0.25) is 5.91 Å². The summed E-state index contributed by atoms with van der Waals surface area (Å²) in [6, 6.07) is 5.74. The first-order valence-electron chi connectivity index (χ1n) is 4.26. The SMILES string of the molecule is CSCCC(=O)Nc1ccc(F)cc1. The summed E-state index contributed by atoms with van der Waals surface area (Å²) in [5, 5.41) is 2.68. The van der Waals surface area contributed by atoms with Crippen LogP contribution in [0.5, 0.6) is 0 Å². The number of hydrogen-bond acceptors (Lipinski definition) is 2. The third-order valence-electron chi connectivity index (χ3n) is 1.66. The Bertz CT molecular complexity index is 299. The van der Waals surface area contributed by atoms with Crippen LogP contribution < -0.4 is 5.32 Å². The van der Waals surface area contributed by atoms with E-state index >= 15 is 0 Å². The first kappa shape index (κ1) is 11.0. The molecule has 0 fully saturated rings. The van der Waals surface area contributed by atoms with Gasteiger partial charge in [-0.1, -0.05) is 0 Å². The molecule has 0 aliphatic rings. The number of hydrogen-bond donors (Lipinski definition) is 1.